The molecule has 6 nitrogen and oxygen atoms in total. The van der Waals surface area contributed by atoms with Gasteiger partial charge in [0.25, 0.3) is 5.91 Å². The molecule has 0 aliphatic heterocycles. The highest BCUT2D eigenvalue weighted by atomic mass is 35.5. The van der Waals surface area contributed by atoms with Gasteiger partial charge in [-0.3, -0.25) is 4.79 Å². The third kappa shape index (κ3) is 4.44. The second kappa shape index (κ2) is 8.18. The number of rotatable bonds is 6. The third-order valence-corrected chi connectivity index (χ3v) is 6.24. The van der Waals surface area contributed by atoms with Crippen LogP contribution in [0.25, 0.3) is 0 Å². The molecule has 1 amide bonds. The van der Waals surface area contributed by atoms with Crippen LogP contribution in [-0.4, -0.2) is 14.3 Å². The van der Waals surface area contributed by atoms with Crippen molar-refractivity contribution in [1.29, 1.82) is 0 Å². The zero-order valence-electron chi connectivity index (χ0n) is 15.3. The quantitative estimate of drug-likeness (QED) is 0.625. The van der Waals surface area contributed by atoms with Crippen molar-refractivity contribution in [2.24, 2.45) is 0 Å². The van der Waals surface area contributed by atoms with E-state index in [4.69, 9.17) is 16.0 Å². The monoisotopic (exact) mass is 418 g/mol. The number of anilines is 1. The summed E-state index contributed by atoms with van der Waals surface area (Å²) < 4.78 is 32.8. The molecule has 0 bridgehead atoms. The highest BCUT2D eigenvalue weighted by Gasteiger charge is 2.21. The molecule has 1 heterocycles. The Morgan fingerprint density at radius 2 is 1.89 bits per heavy atom. The van der Waals surface area contributed by atoms with E-state index >= 15 is 0 Å². The molecular weight excluding hydrogens is 400 g/mol. The Kier molecular flexibility index (Phi) is 5.88. The molecule has 3 rings (SSSR count). The number of hydrogen-bond acceptors (Lipinski definition) is 4. The summed E-state index contributed by atoms with van der Waals surface area (Å²) in [6, 6.07) is 13.0. The fraction of sp³-hybridized carbons (Fsp3) is 0.150. The molecule has 0 saturated heterocycles. The summed E-state index contributed by atoms with van der Waals surface area (Å²) in [7, 11) is -3.93. The number of benzene rings is 2. The Hall–Kier alpha value is -2.61. The smallest absolute Gasteiger partial charge is 0.255 e. The zero-order chi connectivity index (χ0) is 20.3. The van der Waals surface area contributed by atoms with Crippen LogP contribution in [0.1, 0.15) is 27.2 Å². The molecule has 0 radical (unpaired) electrons. The van der Waals surface area contributed by atoms with E-state index in [0.717, 1.165) is 11.1 Å². The largest absolute Gasteiger partial charge is 0.468 e. The van der Waals surface area contributed by atoms with Crippen molar-refractivity contribution in [3.63, 3.8) is 0 Å². The fourth-order valence-electron chi connectivity index (χ4n) is 2.59. The standard InChI is InChI=1S/C20H19ClN2O4S/c1-13-5-3-7-18(14(13)2)23-20(24)15-8-9-17(21)19(11-15)28(25,26)22-12-16-6-4-10-27-16/h3-11,22H,12H2,1-2H3,(H,23,24). The Labute approximate surface area is 168 Å². The zero-order valence-corrected chi connectivity index (χ0v) is 16.9. The second-order valence-corrected chi connectivity index (χ2v) is 8.39. The first-order valence-electron chi connectivity index (χ1n) is 8.47. The van der Waals surface area contributed by atoms with Crippen LogP contribution in [0.3, 0.4) is 0 Å². The van der Waals surface area contributed by atoms with Gasteiger partial charge in [0.2, 0.25) is 10.0 Å². The molecule has 0 spiro atoms. The maximum Gasteiger partial charge on any atom is 0.255 e. The number of nitrogens with one attached hydrogen (secondary N) is 2. The summed E-state index contributed by atoms with van der Waals surface area (Å²) in [6.07, 6.45) is 1.45. The summed E-state index contributed by atoms with van der Waals surface area (Å²) >= 11 is 6.08. The van der Waals surface area contributed by atoms with Gasteiger partial charge in [-0.05, 0) is 61.4 Å². The number of furan rings is 1. The van der Waals surface area contributed by atoms with Crippen LogP contribution < -0.4 is 10.0 Å². The summed E-state index contributed by atoms with van der Waals surface area (Å²) in [5.74, 6) is 0.0383. The first kappa shape index (κ1) is 20.1. The summed E-state index contributed by atoms with van der Waals surface area (Å²) in [4.78, 5) is 12.5. The lowest BCUT2D eigenvalue weighted by molar-refractivity contribution is 0.102. The maximum atomic E-state index is 12.6. The van der Waals surface area contributed by atoms with Gasteiger partial charge in [0.1, 0.15) is 10.7 Å². The van der Waals surface area contributed by atoms with Gasteiger partial charge in [0.05, 0.1) is 17.8 Å². The van der Waals surface area contributed by atoms with Gasteiger partial charge in [0, 0.05) is 11.3 Å². The molecule has 0 aliphatic carbocycles. The van der Waals surface area contributed by atoms with Gasteiger partial charge >= 0.3 is 0 Å². The van der Waals surface area contributed by atoms with E-state index in [0.29, 0.717) is 11.4 Å². The van der Waals surface area contributed by atoms with Gasteiger partial charge in [-0.2, -0.15) is 0 Å². The van der Waals surface area contributed by atoms with Crippen LogP contribution in [0, 0.1) is 13.8 Å². The lowest BCUT2D eigenvalue weighted by Gasteiger charge is -2.12. The Morgan fingerprint density at radius 1 is 1.11 bits per heavy atom. The first-order chi connectivity index (χ1) is 13.3. The highest BCUT2D eigenvalue weighted by Crippen LogP contribution is 2.24. The van der Waals surface area contributed by atoms with Gasteiger partial charge < -0.3 is 9.73 Å². The minimum absolute atomic E-state index is 0.0232. The highest BCUT2D eigenvalue weighted by molar-refractivity contribution is 7.89. The van der Waals surface area contributed by atoms with E-state index in [9.17, 15) is 13.2 Å². The predicted molar refractivity (Wildman–Crippen MR) is 108 cm³/mol. The van der Waals surface area contributed by atoms with Crippen molar-refractivity contribution in [3.05, 3.63) is 82.3 Å². The number of carbonyl (C=O) groups excluding carboxylic acids is 1. The van der Waals surface area contributed by atoms with E-state index in [-0.39, 0.29) is 22.0 Å². The van der Waals surface area contributed by atoms with Crippen LogP contribution in [0.4, 0.5) is 5.69 Å². The molecule has 28 heavy (non-hydrogen) atoms. The average Bonchev–Trinajstić information content (AvgIpc) is 3.18. The van der Waals surface area contributed by atoms with Crippen molar-refractivity contribution >= 4 is 33.2 Å². The number of sulfonamides is 1. The van der Waals surface area contributed by atoms with Gasteiger partial charge in [-0.15, -0.1) is 0 Å². The van der Waals surface area contributed by atoms with E-state index in [1.807, 2.05) is 26.0 Å². The molecule has 0 unspecified atom stereocenters. The van der Waals surface area contributed by atoms with Crippen molar-refractivity contribution in [2.45, 2.75) is 25.3 Å². The molecule has 8 heteroatoms. The third-order valence-electron chi connectivity index (χ3n) is 4.35. The van der Waals surface area contributed by atoms with Crippen molar-refractivity contribution < 1.29 is 17.6 Å². The van der Waals surface area contributed by atoms with E-state index in [1.54, 1.807) is 18.2 Å². The average molecular weight is 419 g/mol. The number of aryl methyl sites for hydroxylation is 1. The molecule has 0 aliphatic rings. The van der Waals surface area contributed by atoms with Crippen LogP contribution in [0.5, 0.6) is 0 Å². The number of carbonyl (C=O) groups is 1. The first-order valence-corrected chi connectivity index (χ1v) is 10.3. The molecule has 2 aromatic carbocycles. The summed E-state index contributed by atoms with van der Waals surface area (Å²) in [5, 5.41) is 2.83. The van der Waals surface area contributed by atoms with Crippen LogP contribution in [0.15, 0.2) is 64.1 Å². The normalized spacial score (nSPS) is 11.4. The van der Waals surface area contributed by atoms with Crippen LogP contribution >= 0.6 is 11.6 Å². The lowest BCUT2D eigenvalue weighted by Crippen LogP contribution is -2.24. The number of halogens is 1. The molecule has 3 aromatic rings. The van der Waals surface area contributed by atoms with Crippen molar-refractivity contribution in [3.8, 4) is 0 Å². The van der Waals surface area contributed by atoms with E-state index in [2.05, 4.69) is 10.0 Å². The van der Waals surface area contributed by atoms with Gasteiger partial charge in [0.15, 0.2) is 0 Å². The summed E-state index contributed by atoms with van der Waals surface area (Å²) in [6.45, 7) is 3.83. The maximum absolute atomic E-state index is 12.6. The Balaban J connectivity index is 1.84. The van der Waals surface area contributed by atoms with Crippen molar-refractivity contribution in [2.75, 3.05) is 5.32 Å². The minimum atomic E-state index is -3.93. The SMILES string of the molecule is Cc1cccc(NC(=O)c2ccc(Cl)c(S(=O)(=O)NCc3ccco3)c2)c1C. The van der Waals surface area contributed by atoms with E-state index < -0.39 is 15.9 Å². The Morgan fingerprint density at radius 3 is 2.61 bits per heavy atom. The van der Waals surface area contributed by atoms with Gasteiger partial charge in [-0.25, -0.2) is 13.1 Å². The number of hydrogen-bond donors (Lipinski definition) is 2. The predicted octanol–water partition coefficient (Wildman–Crippen LogP) is 4.28. The van der Waals surface area contributed by atoms with Crippen LogP contribution in [0.2, 0.25) is 5.02 Å². The van der Waals surface area contributed by atoms with Crippen LogP contribution in [-0.2, 0) is 16.6 Å². The van der Waals surface area contributed by atoms with Gasteiger partial charge in [-0.1, -0.05) is 23.7 Å². The van der Waals surface area contributed by atoms with E-state index in [1.165, 1.54) is 24.5 Å². The molecule has 0 atom stereocenters. The molecule has 1 aromatic heterocycles. The molecular formula is C20H19ClN2O4S. The minimum Gasteiger partial charge on any atom is -0.468 e. The second-order valence-electron chi connectivity index (χ2n) is 6.25. The lowest BCUT2D eigenvalue weighted by atomic mass is 10.1. The summed E-state index contributed by atoms with van der Waals surface area (Å²) in [5.41, 5.74) is 2.83. The fourth-order valence-corrected chi connectivity index (χ4v) is 4.11. The Bertz CT molecular complexity index is 1110. The molecule has 0 saturated carbocycles. The molecule has 146 valence electrons. The molecule has 2 N–H and O–H groups in total. The molecule has 0 fully saturated rings. The number of amides is 1. The van der Waals surface area contributed by atoms with Crippen molar-refractivity contribution in [1.82, 2.24) is 4.72 Å². The topological polar surface area (TPSA) is 88.4 Å².